The number of primary amides is 1. The zero-order valence-electron chi connectivity index (χ0n) is 9.29. The molecule has 10 heteroatoms. The van der Waals surface area contributed by atoms with Crippen LogP contribution in [0, 0.1) is 0 Å². The molecule has 0 fully saturated rings. The van der Waals surface area contributed by atoms with Crippen LogP contribution in [0.4, 0.5) is 0 Å². The molecule has 0 aliphatic heterocycles. The number of hydrogen-bond donors (Lipinski definition) is 3. The number of aromatic carboxylic acids is 1. The lowest BCUT2D eigenvalue weighted by molar-refractivity contribution is -0.123. The van der Waals surface area contributed by atoms with E-state index < -0.39 is 28.5 Å². The number of hydrogen-bond acceptors (Lipinski definition) is 5. The van der Waals surface area contributed by atoms with E-state index in [0.717, 1.165) is 6.07 Å². The number of halogens is 1. The van der Waals surface area contributed by atoms with Crippen molar-refractivity contribution in [3.8, 4) is 0 Å². The minimum atomic E-state index is -4.13. The Labute approximate surface area is 116 Å². The summed E-state index contributed by atoms with van der Waals surface area (Å²) in [5.41, 5.74) is 4.56. The van der Waals surface area contributed by atoms with Crippen LogP contribution in [0.15, 0.2) is 27.6 Å². The number of carbonyl (C=O) groups is 2. The van der Waals surface area contributed by atoms with Crippen LogP contribution in [0.3, 0.4) is 0 Å². The largest absolute Gasteiger partial charge is 0.478 e. The highest BCUT2D eigenvalue weighted by molar-refractivity contribution is 9.10. The maximum absolute atomic E-state index is 11.8. The number of sulfonamides is 1. The molecule has 0 radical (unpaired) electrons. The first-order valence-electron chi connectivity index (χ1n) is 4.69. The summed E-state index contributed by atoms with van der Waals surface area (Å²) < 4.78 is 23.7. The van der Waals surface area contributed by atoms with Crippen molar-refractivity contribution in [1.82, 2.24) is 4.89 Å². The van der Waals surface area contributed by atoms with Gasteiger partial charge in [0.15, 0.2) is 0 Å². The molecule has 0 heterocycles. The molecule has 0 aromatic heterocycles. The molecule has 19 heavy (non-hydrogen) atoms. The van der Waals surface area contributed by atoms with Gasteiger partial charge in [-0.3, -0.25) is 9.63 Å². The van der Waals surface area contributed by atoms with Crippen LogP contribution in [0.5, 0.6) is 0 Å². The standard InChI is InChI=1S/C9H9BrN2O6S/c10-6-2-1-5(9(14)15)3-7(6)19(16,17)12-18-4-8(11)13/h1-3,12H,4H2,(H2,11,13)(H,14,15). The molecule has 0 saturated carbocycles. The summed E-state index contributed by atoms with van der Waals surface area (Å²) >= 11 is 2.98. The number of nitrogens with one attached hydrogen (secondary N) is 1. The fourth-order valence-electron chi connectivity index (χ4n) is 1.07. The van der Waals surface area contributed by atoms with Gasteiger partial charge >= 0.3 is 5.97 Å². The van der Waals surface area contributed by atoms with Crippen molar-refractivity contribution in [1.29, 1.82) is 0 Å². The zero-order valence-corrected chi connectivity index (χ0v) is 11.7. The smallest absolute Gasteiger partial charge is 0.335 e. The fourth-order valence-corrected chi connectivity index (χ4v) is 2.86. The van der Waals surface area contributed by atoms with Gasteiger partial charge in [-0.1, -0.05) is 4.89 Å². The van der Waals surface area contributed by atoms with E-state index in [1.165, 1.54) is 12.1 Å². The second-order valence-electron chi connectivity index (χ2n) is 3.29. The molecule has 4 N–H and O–H groups in total. The van der Waals surface area contributed by atoms with Gasteiger partial charge in [-0.25, -0.2) is 13.2 Å². The van der Waals surface area contributed by atoms with E-state index >= 15 is 0 Å². The third kappa shape index (κ3) is 4.28. The average Bonchev–Trinajstić information content (AvgIpc) is 2.28. The highest BCUT2D eigenvalue weighted by Crippen LogP contribution is 2.23. The van der Waals surface area contributed by atoms with Crippen molar-refractivity contribution in [2.75, 3.05) is 6.61 Å². The Morgan fingerprint density at radius 1 is 1.42 bits per heavy atom. The number of carboxylic acids is 1. The fraction of sp³-hybridized carbons (Fsp3) is 0.111. The monoisotopic (exact) mass is 352 g/mol. The van der Waals surface area contributed by atoms with Crippen molar-refractivity contribution in [3.05, 3.63) is 28.2 Å². The Morgan fingerprint density at radius 2 is 2.05 bits per heavy atom. The lowest BCUT2D eigenvalue weighted by Crippen LogP contribution is -2.29. The Balaban J connectivity index is 3.03. The van der Waals surface area contributed by atoms with Crippen LogP contribution in [0.1, 0.15) is 10.4 Å². The van der Waals surface area contributed by atoms with Gasteiger partial charge in [-0.2, -0.15) is 0 Å². The predicted molar refractivity (Wildman–Crippen MR) is 66.6 cm³/mol. The van der Waals surface area contributed by atoms with Crippen LogP contribution in [-0.4, -0.2) is 32.0 Å². The van der Waals surface area contributed by atoms with Gasteiger partial charge in [0.25, 0.3) is 10.0 Å². The highest BCUT2D eigenvalue weighted by Gasteiger charge is 2.20. The molecule has 8 nitrogen and oxygen atoms in total. The van der Waals surface area contributed by atoms with Gasteiger partial charge < -0.3 is 10.8 Å². The first-order valence-corrected chi connectivity index (χ1v) is 6.96. The van der Waals surface area contributed by atoms with Crippen molar-refractivity contribution < 1.29 is 28.0 Å². The minimum absolute atomic E-state index is 0.146. The molecule has 104 valence electrons. The van der Waals surface area contributed by atoms with E-state index in [0.29, 0.717) is 0 Å². The van der Waals surface area contributed by atoms with Crippen molar-refractivity contribution in [2.24, 2.45) is 5.73 Å². The van der Waals surface area contributed by atoms with Crippen LogP contribution in [0.2, 0.25) is 0 Å². The SMILES string of the molecule is NC(=O)CONS(=O)(=O)c1cc(C(=O)O)ccc1Br. The number of carbonyl (C=O) groups excluding carboxylic acids is 1. The summed E-state index contributed by atoms with van der Waals surface area (Å²) in [7, 11) is -4.13. The summed E-state index contributed by atoms with van der Waals surface area (Å²) in [5, 5.41) is 8.79. The van der Waals surface area contributed by atoms with E-state index in [1.807, 2.05) is 0 Å². The minimum Gasteiger partial charge on any atom is -0.478 e. The van der Waals surface area contributed by atoms with Crippen LogP contribution in [0.25, 0.3) is 0 Å². The summed E-state index contributed by atoms with van der Waals surface area (Å²) in [6.07, 6.45) is 0. The average molecular weight is 353 g/mol. The van der Waals surface area contributed by atoms with Crippen LogP contribution in [-0.2, 0) is 19.7 Å². The van der Waals surface area contributed by atoms with E-state index in [4.69, 9.17) is 10.8 Å². The third-order valence-corrected chi connectivity index (χ3v) is 4.06. The number of benzene rings is 1. The molecular formula is C9H9BrN2O6S. The lowest BCUT2D eigenvalue weighted by atomic mass is 10.2. The molecular weight excluding hydrogens is 344 g/mol. The van der Waals surface area contributed by atoms with E-state index in [1.54, 1.807) is 4.89 Å². The lowest BCUT2D eigenvalue weighted by Gasteiger charge is -2.08. The molecule has 0 atom stereocenters. The molecule has 0 aliphatic carbocycles. The second kappa shape index (κ2) is 6.10. The first-order chi connectivity index (χ1) is 8.74. The molecule has 0 bridgehead atoms. The molecule has 0 spiro atoms. The predicted octanol–water partition coefficient (Wildman–Crippen LogP) is -0.157. The van der Waals surface area contributed by atoms with Crippen molar-refractivity contribution >= 4 is 37.8 Å². The van der Waals surface area contributed by atoms with Crippen LogP contribution < -0.4 is 10.6 Å². The first kappa shape index (κ1) is 15.6. The van der Waals surface area contributed by atoms with Crippen LogP contribution >= 0.6 is 15.9 Å². The van der Waals surface area contributed by atoms with Gasteiger partial charge in [-0.05, 0) is 34.1 Å². The summed E-state index contributed by atoms with van der Waals surface area (Å²) in [6, 6.07) is 3.45. The Bertz CT molecular complexity index is 615. The highest BCUT2D eigenvalue weighted by atomic mass is 79.9. The van der Waals surface area contributed by atoms with Gasteiger partial charge in [-0.15, -0.1) is 0 Å². The Hall–Kier alpha value is -1.49. The quantitative estimate of drug-likeness (QED) is 0.608. The van der Waals surface area contributed by atoms with E-state index in [2.05, 4.69) is 20.8 Å². The number of nitrogens with two attached hydrogens (primary N) is 1. The Morgan fingerprint density at radius 3 is 2.58 bits per heavy atom. The molecule has 1 rings (SSSR count). The molecule has 1 aromatic carbocycles. The molecule has 0 saturated heterocycles. The summed E-state index contributed by atoms with van der Waals surface area (Å²) in [4.78, 5) is 26.9. The van der Waals surface area contributed by atoms with Gasteiger partial charge in [0, 0.05) is 4.47 Å². The summed E-state index contributed by atoms with van der Waals surface area (Å²) in [5.74, 6) is -2.14. The number of rotatable bonds is 6. The summed E-state index contributed by atoms with van der Waals surface area (Å²) in [6.45, 7) is -0.643. The molecule has 0 unspecified atom stereocenters. The maximum Gasteiger partial charge on any atom is 0.335 e. The van der Waals surface area contributed by atoms with Gasteiger partial charge in [0.05, 0.1) is 10.5 Å². The zero-order chi connectivity index (χ0) is 14.6. The van der Waals surface area contributed by atoms with Gasteiger partial charge in [0.1, 0.15) is 6.61 Å². The van der Waals surface area contributed by atoms with Gasteiger partial charge in [0.2, 0.25) is 5.91 Å². The Kier molecular flexibility index (Phi) is 5.00. The second-order valence-corrected chi connectivity index (χ2v) is 5.76. The van der Waals surface area contributed by atoms with E-state index in [-0.39, 0.29) is 14.9 Å². The maximum atomic E-state index is 11.8. The molecule has 1 amide bonds. The van der Waals surface area contributed by atoms with Crippen molar-refractivity contribution in [3.63, 3.8) is 0 Å². The van der Waals surface area contributed by atoms with Crippen molar-refractivity contribution in [2.45, 2.75) is 4.90 Å². The number of carboxylic acid groups (broad SMARTS) is 1. The molecule has 0 aliphatic rings. The topological polar surface area (TPSA) is 136 Å². The number of amides is 1. The third-order valence-electron chi connectivity index (χ3n) is 1.85. The molecule has 1 aromatic rings. The van der Waals surface area contributed by atoms with E-state index in [9.17, 15) is 18.0 Å². The normalized spacial score (nSPS) is 11.2.